The van der Waals surface area contributed by atoms with Crippen LogP contribution in [-0.4, -0.2) is 32.9 Å². The SMILES string of the molecule is CCCN(CCC)S(=O)(=O)Nc1cccc(CNC)c1. The number of hydrogen-bond donors (Lipinski definition) is 2. The summed E-state index contributed by atoms with van der Waals surface area (Å²) in [4.78, 5) is 0. The highest BCUT2D eigenvalue weighted by atomic mass is 32.2. The molecule has 0 aliphatic carbocycles. The lowest BCUT2D eigenvalue weighted by Gasteiger charge is -2.21. The first kappa shape index (κ1) is 16.9. The van der Waals surface area contributed by atoms with Gasteiger partial charge in [-0.3, -0.25) is 4.72 Å². The zero-order valence-corrected chi connectivity index (χ0v) is 13.3. The molecule has 0 radical (unpaired) electrons. The second-order valence-corrected chi connectivity index (χ2v) is 6.41. The summed E-state index contributed by atoms with van der Waals surface area (Å²) >= 11 is 0. The fourth-order valence-corrected chi connectivity index (χ4v) is 3.41. The predicted molar refractivity (Wildman–Crippen MR) is 83.9 cm³/mol. The van der Waals surface area contributed by atoms with Crippen molar-refractivity contribution < 1.29 is 8.42 Å². The predicted octanol–water partition coefficient (Wildman–Crippen LogP) is 2.18. The van der Waals surface area contributed by atoms with E-state index in [2.05, 4.69) is 10.0 Å². The topological polar surface area (TPSA) is 61.4 Å². The van der Waals surface area contributed by atoms with Crippen LogP contribution in [0, 0.1) is 0 Å². The van der Waals surface area contributed by atoms with Gasteiger partial charge in [-0.2, -0.15) is 12.7 Å². The summed E-state index contributed by atoms with van der Waals surface area (Å²) < 4.78 is 28.9. The van der Waals surface area contributed by atoms with E-state index >= 15 is 0 Å². The Morgan fingerprint density at radius 3 is 2.35 bits per heavy atom. The number of benzene rings is 1. The summed E-state index contributed by atoms with van der Waals surface area (Å²) in [6.45, 7) is 5.75. The third-order valence-electron chi connectivity index (χ3n) is 2.84. The van der Waals surface area contributed by atoms with Gasteiger partial charge in [-0.25, -0.2) is 0 Å². The zero-order valence-electron chi connectivity index (χ0n) is 12.5. The number of anilines is 1. The maximum absolute atomic E-state index is 12.3. The van der Waals surface area contributed by atoms with Crippen LogP contribution in [0.25, 0.3) is 0 Å². The average molecular weight is 299 g/mol. The molecule has 1 aromatic rings. The Morgan fingerprint density at radius 2 is 1.80 bits per heavy atom. The van der Waals surface area contributed by atoms with Crippen LogP contribution in [0.2, 0.25) is 0 Å². The van der Waals surface area contributed by atoms with E-state index < -0.39 is 10.2 Å². The standard InChI is InChI=1S/C14H25N3O2S/c1-4-9-17(10-5-2)20(18,19)16-14-8-6-7-13(11-14)12-15-3/h6-8,11,15-16H,4-5,9-10,12H2,1-3H3. The van der Waals surface area contributed by atoms with Crippen LogP contribution in [0.5, 0.6) is 0 Å². The lowest BCUT2D eigenvalue weighted by atomic mass is 10.2. The monoisotopic (exact) mass is 299 g/mol. The van der Waals surface area contributed by atoms with Crippen molar-refractivity contribution in [2.24, 2.45) is 0 Å². The molecular weight excluding hydrogens is 274 g/mol. The van der Waals surface area contributed by atoms with Gasteiger partial charge in [0.2, 0.25) is 0 Å². The molecule has 0 saturated carbocycles. The van der Waals surface area contributed by atoms with E-state index in [1.54, 1.807) is 6.07 Å². The fourth-order valence-electron chi connectivity index (χ4n) is 2.01. The average Bonchev–Trinajstić information content (AvgIpc) is 2.39. The fraction of sp³-hybridized carbons (Fsp3) is 0.571. The molecule has 0 amide bonds. The van der Waals surface area contributed by atoms with Gasteiger partial charge in [-0.15, -0.1) is 0 Å². The van der Waals surface area contributed by atoms with E-state index in [4.69, 9.17) is 0 Å². The summed E-state index contributed by atoms with van der Waals surface area (Å²) in [7, 11) is -1.61. The van der Waals surface area contributed by atoms with Crippen LogP contribution in [0.3, 0.4) is 0 Å². The van der Waals surface area contributed by atoms with Gasteiger partial charge in [0.15, 0.2) is 0 Å². The molecule has 0 saturated heterocycles. The summed E-state index contributed by atoms with van der Waals surface area (Å²) in [5.74, 6) is 0. The number of hydrogen-bond acceptors (Lipinski definition) is 3. The molecular formula is C14H25N3O2S. The number of rotatable bonds is 9. The Hall–Kier alpha value is -1.11. The van der Waals surface area contributed by atoms with Crippen LogP contribution >= 0.6 is 0 Å². The highest BCUT2D eigenvalue weighted by Gasteiger charge is 2.20. The molecule has 2 N–H and O–H groups in total. The lowest BCUT2D eigenvalue weighted by Crippen LogP contribution is -2.37. The largest absolute Gasteiger partial charge is 0.316 e. The van der Waals surface area contributed by atoms with Gasteiger partial charge in [0, 0.05) is 19.6 Å². The van der Waals surface area contributed by atoms with Crippen molar-refractivity contribution in [3.63, 3.8) is 0 Å². The van der Waals surface area contributed by atoms with Crippen LogP contribution in [-0.2, 0) is 16.8 Å². The second kappa shape index (κ2) is 8.24. The van der Waals surface area contributed by atoms with E-state index in [-0.39, 0.29) is 0 Å². The lowest BCUT2D eigenvalue weighted by molar-refractivity contribution is 0.413. The van der Waals surface area contributed by atoms with Gasteiger partial charge < -0.3 is 5.32 Å². The summed E-state index contributed by atoms with van der Waals surface area (Å²) in [6.07, 6.45) is 1.61. The molecule has 6 heteroatoms. The summed E-state index contributed by atoms with van der Waals surface area (Å²) in [6, 6.07) is 7.44. The highest BCUT2D eigenvalue weighted by Crippen LogP contribution is 2.14. The summed E-state index contributed by atoms with van der Waals surface area (Å²) in [5.41, 5.74) is 1.65. The van der Waals surface area contributed by atoms with Crippen molar-refractivity contribution in [1.82, 2.24) is 9.62 Å². The Bertz CT molecular complexity index is 497. The van der Waals surface area contributed by atoms with Gasteiger partial charge in [0.05, 0.1) is 5.69 Å². The molecule has 0 fully saturated rings. The first-order valence-corrected chi connectivity index (χ1v) is 8.49. The molecule has 0 aliphatic rings. The zero-order chi connectivity index (χ0) is 15.0. The normalized spacial score (nSPS) is 11.8. The second-order valence-electron chi connectivity index (χ2n) is 4.74. The van der Waals surface area contributed by atoms with E-state index in [1.807, 2.05) is 39.1 Å². The van der Waals surface area contributed by atoms with Gasteiger partial charge in [-0.1, -0.05) is 26.0 Å². The van der Waals surface area contributed by atoms with Crippen molar-refractivity contribution in [3.8, 4) is 0 Å². The maximum atomic E-state index is 12.3. The van der Waals surface area contributed by atoms with Crippen molar-refractivity contribution >= 4 is 15.9 Å². The van der Waals surface area contributed by atoms with Crippen LogP contribution in [0.15, 0.2) is 24.3 Å². The van der Waals surface area contributed by atoms with E-state index in [9.17, 15) is 8.42 Å². The molecule has 0 bridgehead atoms. The molecule has 0 aromatic heterocycles. The van der Waals surface area contributed by atoms with Crippen molar-refractivity contribution in [2.45, 2.75) is 33.2 Å². The third kappa shape index (κ3) is 5.11. The van der Waals surface area contributed by atoms with Crippen LogP contribution in [0.1, 0.15) is 32.3 Å². The molecule has 0 spiro atoms. The molecule has 1 aromatic carbocycles. The van der Waals surface area contributed by atoms with Crippen LogP contribution in [0.4, 0.5) is 5.69 Å². The molecule has 0 heterocycles. The van der Waals surface area contributed by atoms with Crippen molar-refractivity contribution in [3.05, 3.63) is 29.8 Å². The molecule has 5 nitrogen and oxygen atoms in total. The van der Waals surface area contributed by atoms with Gasteiger partial charge in [0.25, 0.3) is 0 Å². The smallest absolute Gasteiger partial charge is 0.301 e. The number of nitrogens with zero attached hydrogens (tertiary/aromatic N) is 1. The van der Waals surface area contributed by atoms with Crippen LogP contribution < -0.4 is 10.0 Å². The quantitative estimate of drug-likeness (QED) is 0.735. The van der Waals surface area contributed by atoms with Crippen molar-refractivity contribution in [2.75, 3.05) is 24.9 Å². The third-order valence-corrected chi connectivity index (χ3v) is 4.38. The highest BCUT2D eigenvalue weighted by molar-refractivity contribution is 7.90. The van der Waals surface area contributed by atoms with E-state index in [0.717, 1.165) is 18.4 Å². The molecule has 0 unspecified atom stereocenters. The van der Waals surface area contributed by atoms with Gasteiger partial charge in [0.1, 0.15) is 0 Å². The summed E-state index contributed by atoms with van der Waals surface area (Å²) in [5, 5.41) is 3.05. The minimum atomic E-state index is -3.47. The molecule has 114 valence electrons. The maximum Gasteiger partial charge on any atom is 0.301 e. The molecule has 0 atom stereocenters. The Labute approximate surface area is 122 Å². The minimum Gasteiger partial charge on any atom is -0.316 e. The number of nitrogens with one attached hydrogen (secondary N) is 2. The Morgan fingerprint density at radius 1 is 1.15 bits per heavy atom. The van der Waals surface area contributed by atoms with Crippen molar-refractivity contribution in [1.29, 1.82) is 0 Å². The first-order valence-electron chi connectivity index (χ1n) is 7.05. The van der Waals surface area contributed by atoms with Gasteiger partial charge in [-0.05, 0) is 37.6 Å². The van der Waals surface area contributed by atoms with E-state index in [1.165, 1.54) is 4.31 Å². The molecule has 20 heavy (non-hydrogen) atoms. The van der Waals surface area contributed by atoms with E-state index in [0.29, 0.717) is 25.3 Å². The minimum absolute atomic E-state index is 0.541. The molecule has 1 rings (SSSR count). The first-order chi connectivity index (χ1) is 9.53. The van der Waals surface area contributed by atoms with Gasteiger partial charge >= 0.3 is 10.2 Å². The molecule has 0 aliphatic heterocycles. The Balaban J connectivity index is 2.85. The Kier molecular flexibility index (Phi) is 6.98.